The molecule has 1 saturated carbocycles. The second-order valence-electron chi connectivity index (χ2n) is 13.7. The van der Waals surface area contributed by atoms with Gasteiger partial charge in [0, 0.05) is 36.7 Å². The van der Waals surface area contributed by atoms with Crippen LogP contribution in [0.25, 0.3) is 0 Å². The molecule has 3 aromatic carbocycles. The van der Waals surface area contributed by atoms with Gasteiger partial charge in [0.25, 0.3) is 0 Å². The molecule has 0 bridgehead atoms. The molecule has 1 heterocycles. The van der Waals surface area contributed by atoms with Crippen LogP contribution in [0.4, 0.5) is 0 Å². The average molecular weight is 677 g/mol. The number of nitrogens with two attached hydrogens (primary N) is 2. The molecule has 0 saturated heterocycles. The number of rotatable bonds is 17. The van der Waals surface area contributed by atoms with Crippen molar-refractivity contribution in [1.82, 2.24) is 0 Å². The highest BCUT2D eigenvalue weighted by Crippen LogP contribution is 2.43. The van der Waals surface area contributed by atoms with Crippen molar-refractivity contribution in [3.63, 3.8) is 0 Å². The number of benzene rings is 3. The fourth-order valence-electron chi connectivity index (χ4n) is 6.99. The van der Waals surface area contributed by atoms with E-state index in [2.05, 4.69) is 18.0 Å². The normalized spacial score (nSPS) is 16.8. The fourth-order valence-corrected chi connectivity index (χ4v) is 6.99. The monoisotopic (exact) mass is 676 g/mol. The van der Waals surface area contributed by atoms with Crippen molar-refractivity contribution in [1.29, 1.82) is 0 Å². The average Bonchev–Trinajstić information content (AvgIpc) is 3.84. The number of ketones is 1. The number of unbranched alkanes of at least 4 members (excludes halogenated alkanes) is 1. The Morgan fingerprint density at radius 2 is 1.68 bits per heavy atom. The largest absolute Gasteiger partial charge is 0.875 e. The minimum atomic E-state index is -0.620. The summed E-state index contributed by atoms with van der Waals surface area (Å²) in [5.41, 5.74) is 16.5. The molecule has 50 heavy (non-hydrogen) atoms. The Morgan fingerprint density at radius 3 is 2.36 bits per heavy atom. The van der Waals surface area contributed by atoms with E-state index >= 15 is 0 Å². The standard InChI is InChI=1S/C42H51N3O5/c1-2-3-19-42(20-4-5-21-42)22-16-34(46)13-6-29-8-15-38(48)40(26-29)50-24-18-30-7-14-37(47)36(25-30)35(27-39(49)33-17-23-45-28-33)31-9-11-32(12-10-31)41(43)44/h7-12,14-17,22-23,25-26,28,35,41,47-49H,2-6,13,18-21,24,27,43-44H2,1H3/p-1/b22-16+,39-33?/t35-/m1/s1. The first-order valence-electron chi connectivity index (χ1n) is 17.9. The Kier molecular flexibility index (Phi) is 12.7. The van der Waals surface area contributed by atoms with Crippen molar-refractivity contribution < 1.29 is 24.9 Å². The molecule has 8 nitrogen and oxygen atoms in total. The number of carbonyl (C=O) groups excluding carboxylic acids is 1. The van der Waals surface area contributed by atoms with Gasteiger partial charge in [0.05, 0.1) is 12.8 Å². The van der Waals surface area contributed by atoms with Crippen LogP contribution in [-0.4, -0.2) is 28.8 Å². The molecule has 0 unspecified atom stereocenters. The molecule has 1 fully saturated rings. The zero-order valence-electron chi connectivity index (χ0n) is 29.0. The Bertz CT molecular complexity index is 1720. The summed E-state index contributed by atoms with van der Waals surface area (Å²) in [5, 5.41) is 34.7. The third-order valence-electron chi connectivity index (χ3n) is 10.0. The van der Waals surface area contributed by atoms with Crippen LogP contribution < -0.4 is 21.3 Å². The third-order valence-corrected chi connectivity index (χ3v) is 10.0. The van der Waals surface area contributed by atoms with E-state index in [4.69, 9.17) is 16.2 Å². The molecule has 8 heteroatoms. The lowest BCUT2D eigenvalue weighted by molar-refractivity contribution is -0.307. The predicted octanol–water partition coefficient (Wildman–Crippen LogP) is 7.18. The summed E-state index contributed by atoms with van der Waals surface area (Å²) in [6.07, 6.45) is 18.1. The van der Waals surface area contributed by atoms with Crippen molar-refractivity contribution in [3.8, 4) is 17.2 Å². The van der Waals surface area contributed by atoms with E-state index in [0.29, 0.717) is 36.1 Å². The van der Waals surface area contributed by atoms with Gasteiger partial charge in [0.15, 0.2) is 17.3 Å². The number of aliphatic imine (C=N–C) groups is 1. The lowest BCUT2D eigenvalue weighted by atomic mass is 9.80. The van der Waals surface area contributed by atoms with Crippen LogP contribution in [0.2, 0.25) is 0 Å². The van der Waals surface area contributed by atoms with E-state index in [1.165, 1.54) is 38.5 Å². The second kappa shape index (κ2) is 17.3. The number of allylic oxidation sites excluding steroid dienone is 5. The second-order valence-corrected chi connectivity index (χ2v) is 13.7. The third kappa shape index (κ3) is 9.73. The summed E-state index contributed by atoms with van der Waals surface area (Å²) < 4.78 is 6.02. The van der Waals surface area contributed by atoms with Gasteiger partial charge < -0.3 is 31.5 Å². The maximum Gasteiger partial charge on any atom is 0.161 e. The van der Waals surface area contributed by atoms with Crippen molar-refractivity contribution in [2.45, 2.75) is 89.6 Å². The van der Waals surface area contributed by atoms with Gasteiger partial charge in [-0.2, -0.15) is 0 Å². The molecule has 0 amide bonds. The van der Waals surface area contributed by atoms with Gasteiger partial charge in [-0.1, -0.05) is 81.1 Å². The minimum absolute atomic E-state index is 0.0340. The van der Waals surface area contributed by atoms with Gasteiger partial charge >= 0.3 is 0 Å². The number of hydrogen-bond acceptors (Lipinski definition) is 8. The molecule has 0 spiro atoms. The van der Waals surface area contributed by atoms with E-state index in [1.807, 2.05) is 42.5 Å². The maximum absolute atomic E-state index is 13.2. The number of phenolic OH excluding ortho intramolecular Hbond substituents is 2. The van der Waals surface area contributed by atoms with Crippen LogP contribution in [-0.2, 0) is 17.6 Å². The molecule has 1 aliphatic carbocycles. The van der Waals surface area contributed by atoms with E-state index < -0.39 is 12.1 Å². The fraction of sp³-hybridized carbons (Fsp3) is 0.381. The van der Waals surface area contributed by atoms with Gasteiger partial charge in [0.1, 0.15) is 5.75 Å². The first-order valence-corrected chi connectivity index (χ1v) is 17.9. The molecule has 1 aliphatic heterocycles. The number of aryl methyl sites for hydroxylation is 1. The van der Waals surface area contributed by atoms with Crippen molar-refractivity contribution in [2.75, 3.05) is 6.61 Å². The molecule has 5 rings (SSSR count). The quantitative estimate of drug-likeness (QED) is 0.0671. The van der Waals surface area contributed by atoms with Crippen molar-refractivity contribution >= 4 is 12.0 Å². The summed E-state index contributed by atoms with van der Waals surface area (Å²) >= 11 is 0. The molecule has 2 aliphatic rings. The molecule has 0 radical (unpaired) electrons. The Morgan fingerprint density at radius 1 is 0.980 bits per heavy atom. The van der Waals surface area contributed by atoms with E-state index in [1.54, 1.807) is 42.8 Å². The van der Waals surface area contributed by atoms with Gasteiger partial charge in [-0.15, -0.1) is 5.76 Å². The van der Waals surface area contributed by atoms with Crippen molar-refractivity contribution in [3.05, 3.63) is 124 Å². The van der Waals surface area contributed by atoms with Gasteiger partial charge in [-0.05, 0) is 95.7 Å². The number of phenols is 2. The summed E-state index contributed by atoms with van der Waals surface area (Å²) in [6.45, 7) is 2.49. The Hall–Kier alpha value is -4.66. The number of nitrogens with zero attached hydrogens (tertiary/aromatic N) is 1. The topological polar surface area (TPSA) is 154 Å². The number of ether oxygens (including phenoxy) is 1. The lowest BCUT2D eigenvalue weighted by Crippen LogP contribution is -2.20. The van der Waals surface area contributed by atoms with Crippen LogP contribution in [0.3, 0.4) is 0 Å². The molecule has 0 aromatic heterocycles. The summed E-state index contributed by atoms with van der Waals surface area (Å²) in [7, 11) is 0. The van der Waals surface area contributed by atoms with Crippen LogP contribution >= 0.6 is 0 Å². The zero-order valence-corrected chi connectivity index (χ0v) is 29.0. The van der Waals surface area contributed by atoms with Gasteiger partial charge in [-0.3, -0.25) is 9.79 Å². The highest BCUT2D eigenvalue weighted by Gasteiger charge is 2.30. The smallest absolute Gasteiger partial charge is 0.161 e. The Balaban J connectivity index is 1.23. The molecular weight excluding hydrogens is 626 g/mol. The summed E-state index contributed by atoms with van der Waals surface area (Å²) in [5.74, 6) is 0.0851. The van der Waals surface area contributed by atoms with Gasteiger partial charge in [0.2, 0.25) is 0 Å². The summed E-state index contributed by atoms with van der Waals surface area (Å²) in [6, 6.07) is 18.0. The van der Waals surface area contributed by atoms with Crippen LogP contribution in [0.15, 0.2) is 101 Å². The van der Waals surface area contributed by atoms with Crippen LogP contribution in [0, 0.1) is 5.41 Å². The van der Waals surface area contributed by atoms with Gasteiger partial charge in [-0.25, -0.2) is 0 Å². The number of aromatic hydroxyl groups is 2. The first-order chi connectivity index (χ1) is 24.2. The minimum Gasteiger partial charge on any atom is -0.875 e. The van der Waals surface area contributed by atoms with E-state index in [-0.39, 0.29) is 41.5 Å². The van der Waals surface area contributed by atoms with E-state index in [0.717, 1.165) is 28.7 Å². The molecule has 3 aromatic rings. The van der Waals surface area contributed by atoms with E-state index in [9.17, 15) is 20.1 Å². The van der Waals surface area contributed by atoms with Crippen LogP contribution in [0.5, 0.6) is 17.2 Å². The molecule has 6 N–H and O–H groups in total. The number of carbonyl (C=O) groups is 1. The first kappa shape index (κ1) is 36.6. The highest BCUT2D eigenvalue weighted by atomic mass is 16.5. The zero-order chi connectivity index (χ0) is 35.5. The van der Waals surface area contributed by atoms with Crippen molar-refractivity contribution in [2.24, 2.45) is 21.9 Å². The molecule has 264 valence electrons. The maximum atomic E-state index is 13.2. The predicted molar refractivity (Wildman–Crippen MR) is 197 cm³/mol. The number of hydrogen-bond donors (Lipinski definition) is 4. The molecule has 1 atom stereocenters. The molecular formula is C42H50N3O5-. The SMILES string of the molecule is CCCCC1(/C=C/C(=O)CCc2ccc(O)c(OCCc3ccc(O)c([C@H](CC([O-])=C4C=CN=C4)c4ccc(C(N)N)cc4)c3)c2)CCCC1. The Labute approximate surface area is 295 Å². The lowest BCUT2D eigenvalue weighted by Gasteiger charge is -2.25. The highest BCUT2D eigenvalue weighted by molar-refractivity contribution is 5.89. The summed E-state index contributed by atoms with van der Waals surface area (Å²) in [4.78, 5) is 16.8. The van der Waals surface area contributed by atoms with Crippen LogP contribution in [0.1, 0.15) is 105 Å².